The molecule has 0 atom stereocenters. The number of fused-ring (bicyclic) bond motifs is 1. The molecule has 0 N–H and O–H groups in total. The Hall–Kier alpha value is -2.42. The van der Waals surface area contributed by atoms with Crippen molar-refractivity contribution in [3.8, 4) is 17.6 Å². The number of ether oxygens (including phenoxy) is 2. The van der Waals surface area contributed by atoms with Crippen LogP contribution < -0.4 is 9.47 Å². The number of hydrogen-bond donors (Lipinski definition) is 0. The SMILES string of the molecule is [C-]#[N+]C(C#N)=C1Sc2c(OC(=O)C(C)C)ccc(OC(=O)C(C)C)c2S1. The molecular weight excluding hydrogens is 372 g/mol. The first-order valence-corrected chi connectivity index (χ1v) is 9.39. The summed E-state index contributed by atoms with van der Waals surface area (Å²) in [5.41, 5.74) is -0.0570. The number of rotatable bonds is 4. The number of carbonyl (C=O) groups excluding carboxylic acids is 2. The van der Waals surface area contributed by atoms with Crippen LogP contribution in [0.4, 0.5) is 0 Å². The van der Waals surface area contributed by atoms with Crippen LogP contribution in [0.25, 0.3) is 4.85 Å². The molecule has 0 aliphatic carbocycles. The van der Waals surface area contributed by atoms with E-state index in [1.165, 1.54) is 0 Å². The maximum absolute atomic E-state index is 12.0. The second kappa shape index (κ2) is 8.31. The predicted molar refractivity (Wildman–Crippen MR) is 98.3 cm³/mol. The van der Waals surface area contributed by atoms with Crippen LogP contribution >= 0.6 is 23.5 Å². The third-order valence-electron chi connectivity index (χ3n) is 3.20. The number of esters is 2. The number of thioether (sulfide) groups is 2. The van der Waals surface area contributed by atoms with Gasteiger partial charge in [0.25, 0.3) is 5.70 Å². The Bertz CT molecular complexity index is 807. The molecule has 6 nitrogen and oxygen atoms in total. The van der Waals surface area contributed by atoms with Crippen LogP contribution in [0.5, 0.6) is 11.5 Å². The fraction of sp³-hybridized carbons (Fsp3) is 0.333. The maximum atomic E-state index is 12.0. The Morgan fingerprint density at radius 1 is 1.04 bits per heavy atom. The quantitative estimate of drug-likeness (QED) is 0.322. The monoisotopic (exact) mass is 388 g/mol. The molecule has 8 heteroatoms. The van der Waals surface area contributed by atoms with Gasteiger partial charge in [0.15, 0.2) is 0 Å². The molecule has 0 saturated carbocycles. The molecule has 134 valence electrons. The first-order valence-electron chi connectivity index (χ1n) is 7.76. The minimum atomic E-state index is -0.396. The number of carbonyl (C=O) groups is 2. The van der Waals surface area contributed by atoms with Gasteiger partial charge in [0.1, 0.15) is 11.5 Å². The van der Waals surface area contributed by atoms with Crippen LogP contribution in [-0.4, -0.2) is 11.9 Å². The van der Waals surface area contributed by atoms with Crippen LogP contribution in [0.1, 0.15) is 27.7 Å². The van der Waals surface area contributed by atoms with E-state index in [2.05, 4.69) is 4.85 Å². The van der Waals surface area contributed by atoms with E-state index >= 15 is 0 Å². The van der Waals surface area contributed by atoms with E-state index in [-0.39, 0.29) is 17.5 Å². The van der Waals surface area contributed by atoms with Crippen molar-refractivity contribution in [2.24, 2.45) is 11.8 Å². The summed E-state index contributed by atoms with van der Waals surface area (Å²) in [5.74, 6) is -0.775. The minimum absolute atomic E-state index is 0.0570. The molecule has 0 aromatic heterocycles. The van der Waals surface area contributed by atoms with Crippen molar-refractivity contribution in [1.82, 2.24) is 0 Å². The summed E-state index contributed by atoms with van der Waals surface area (Å²) in [4.78, 5) is 28.3. The Morgan fingerprint density at radius 3 is 1.77 bits per heavy atom. The van der Waals surface area contributed by atoms with Crippen molar-refractivity contribution >= 4 is 35.5 Å². The lowest BCUT2D eigenvalue weighted by atomic mass is 10.2. The van der Waals surface area contributed by atoms with Crippen molar-refractivity contribution in [2.75, 3.05) is 0 Å². The second-order valence-corrected chi connectivity index (χ2v) is 8.24. The third kappa shape index (κ3) is 4.21. The lowest BCUT2D eigenvalue weighted by Gasteiger charge is -2.13. The summed E-state index contributed by atoms with van der Waals surface area (Å²) >= 11 is 2.32. The fourth-order valence-electron chi connectivity index (χ4n) is 1.75. The van der Waals surface area contributed by atoms with Gasteiger partial charge in [0.2, 0.25) is 0 Å². The van der Waals surface area contributed by atoms with Gasteiger partial charge in [-0.1, -0.05) is 51.2 Å². The lowest BCUT2D eigenvalue weighted by molar-refractivity contribution is -0.139. The molecule has 1 heterocycles. The van der Waals surface area contributed by atoms with Crippen LogP contribution in [0.3, 0.4) is 0 Å². The van der Waals surface area contributed by atoms with Gasteiger partial charge in [0, 0.05) is 0 Å². The van der Waals surface area contributed by atoms with E-state index in [1.807, 2.05) is 6.07 Å². The molecule has 0 radical (unpaired) electrons. The van der Waals surface area contributed by atoms with E-state index in [4.69, 9.17) is 21.3 Å². The molecule has 1 aromatic rings. The van der Waals surface area contributed by atoms with E-state index < -0.39 is 11.9 Å². The Morgan fingerprint density at radius 2 is 1.46 bits per heavy atom. The summed E-state index contributed by atoms with van der Waals surface area (Å²) in [5, 5.41) is 9.12. The molecular formula is C18H16N2O4S2. The molecule has 1 aliphatic heterocycles. The van der Waals surface area contributed by atoms with Crippen molar-refractivity contribution in [3.05, 3.63) is 33.5 Å². The molecule has 0 fully saturated rings. The van der Waals surface area contributed by atoms with Crippen LogP contribution in [-0.2, 0) is 9.59 Å². The third-order valence-corrected chi connectivity index (χ3v) is 5.81. The maximum Gasteiger partial charge on any atom is 0.313 e. The van der Waals surface area contributed by atoms with Gasteiger partial charge in [-0.3, -0.25) is 9.59 Å². The molecule has 26 heavy (non-hydrogen) atoms. The molecule has 1 aliphatic rings. The Labute approximate surface area is 160 Å². The number of benzene rings is 1. The van der Waals surface area contributed by atoms with Crippen molar-refractivity contribution in [2.45, 2.75) is 37.5 Å². The number of nitrogens with zero attached hydrogens (tertiary/aromatic N) is 2. The number of hydrogen-bond acceptors (Lipinski definition) is 7. The number of nitriles is 1. The highest BCUT2D eigenvalue weighted by molar-refractivity contribution is 8.24. The topological polar surface area (TPSA) is 80.8 Å². The van der Waals surface area contributed by atoms with Gasteiger partial charge < -0.3 is 9.47 Å². The molecule has 0 bridgehead atoms. The molecule has 0 spiro atoms. The van der Waals surface area contributed by atoms with Crippen LogP contribution in [0, 0.1) is 29.7 Å². The second-order valence-electron chi connectivity index (χ2n) is 5.94. The summed E-state index contributed by atoms with van der Waals surface area (Å²) in [6.07, 6.45) is 0. The van der Waals surface area contributed by atoms with Crippen LogP contribution in [0.15, 0.2) is 31.9 Å². The van der Waals surface area contributed by atoms with Crippen molar-refractivity contribution in [1.29, 1.82) is 5.26 Å². The van der Waals surface area contributed by atoms with E-state index in [0.717, 1.165) is 23.5 Å². The molecule has 0 amide bonds. The van der Waals surface area contributed by atoms with Crippen LogP contribution in [0.2, 0.25) is 0 Å². The zero-order chi connectivity index (χ0) is 19.4. The smallest absolute Gasteiger partial charge is 0.313 e. The standard InChI is InChI=1S/C18H16N2O4S2/c1-9(2)16(21)23-12-6-7-13(24-17(22)10(3)4)15-14(12)25-18(26-15)11(8-19)20-5/h6-7,9-10H,1-4H3. The zero-order valence-electron chi connectivity index (χ0n) is 14.7. The van der Waals surface area contributed by atoms with Gasteiger partial charge in [-0.05, 0) is 12.1 Å². The average molecular weight is 388 g/mol. The van der Waals surface area contributed by atoms with Gasteiger partial charge >= 0.3 is 11.9 Å². The van der Waals surface area contributed by atoms with Gasteiger partial charge in [-0.25, -0.2) is 10.1 Å². The molecule has 2 rings (SSSR count). The summed E-state index contributed by atoms with van der Waals surface area (Å²) in [6, 6.07) is 4.97. The molecule has 0 unspecified atom stereocenters. The largest absolute Gasteiger partial charge is 0.425 e. The van der Waals surface area contributed by atoms with E-state index in [1.54, 1.807) is 39.8 Å². The highest BCUT2D eigenvalue weighted by Crippen LogP contribution is 2.59. The van der Waals surface area contributed by atoms with E-state index in [9.17, 15) is 9.59 Å². The van der Waals surface area contributed by atoms with Crippen molar-refractivity contribution in [3.63, 3.8) is 0 Å². The van der Waals surface area contributed by atoms with Gasteiger partial charge in [-0.2, -0.15) is 0 Å². The highest BCUT2D eigenvalue weighted by atomic mass is 32.2. The highest BCUT2D eigenvalue weighted by Gasteiger charge is 2.30. The minimum Gasteiger partial charge on any atom is -0.425 e. The number of allylic oxidation sites excluding steroid dienone is 1. The Balaban J connectivity index is 2.50. The first kappa shape index (κ1) is 19.9. The molecule has 1 aromatic carbocycles. The predicted octanol–water partition coefficient (Wildman–Crippen LogP) is 4.62. The normalized spacial score (nSPS) is 12.4. The molecule has 0 saturated heterocycles. The van der Waals surface area contributed by atoms with Gasteiger partial charge in [0.05, 0.1) is 38.5 Å². The summed E-state index contributed by atoms with van der Waals surface area (Å²) < 4.78 is 11.3. The fourth-order valence-corrected chi connectivity index (χ4v) is 4.22. The summed E-state index contributed by atoms with van der Waals surface area (Å²) in [6.45, 7) is 14.0. The van der Waals surface area contributed by atoms with E-state index in [0.29, 0.717) is 25.5 Å². The average Bonchev–Trinajstić information content (AvgIpc) is 3.03. The Kier molecular flexibility index (Phi) is 6.36. The first-order chi connectivity index (χ1) is 12.3. The zero-order valence-corrected chi connectivity index (χ0v) is 16.3. The van der Waals surface area contributed by atoms with Crippen molar-refractivity contribution < 1.29 is 19.1 Å². The van der Waals surface area contributed by atoms with Gasteiger partial charge in [-0.15, -0.1) is 0 Å². The summed E-state index contributed by atoms with van der Waals surface area (Å²) in [7, 11) is 0. The lowest BCUT2D eigenvalue weighted by Crippen LogP contribution is -2.16.